The van der Waals surface area contributed by atoms with Crippen molar-refractivity contribution in [2.45, 2.75) is 52.6 Å². The average molecular weight is 248 g/mol. The van der Waals surface area contributed by atoms with Gasteiger partial charge in [-0.05, 0) is 44.5 Å². The Morgan fingerprint density at radius 2 is 1.72 bits per heavy atom. The molecule has 0 saturated carbocycles. The van der Waals surface area contributed by atoms with Crippen molar-refractivity contribution >= 4 is 0 Å². The molecule has 1 aromatic rings. The van der Waals surface area contributed by atoms with E-state index in [4.69, 9.17) is 5.73 Å². The van der Waals surface area contributed by atoms with E-state index in [1.165, 1.54) is 11.1 Å². The first-order valence-corrected chi connectivity index (χ1v) is 7.07. The van der Waals surface area contributed by atoms with Gasteiger partial charge in [-0.3, -0.25) is 4.90 Å². The molecule has 0 aliphatic heterocycles. The van der Waals surface area contributed by atoms with Crippen molar-refractivity contribution in [2.75, 3.05) is 13.1 Å². The Hall–Kier alpha value is -0.860. The average Bonchev–Trinajstić information content (AvgIpc) is 2.39. The number of nitrogens with zero attached hydrogens (tertiary/aromatic N) is 1. The second-order valence-corrected chi connectivity index (χ2v) is 5.22. The molecule has 0 aliphatic carbocycles. The van der Waals surface area contributed by atoms with Gasteiger partial charge in [0.15, 0.2) is 0 Å². The van der Waals surface area contributed by atoms with Crippen LogP contribution in [0.15, 0.2) is 24.3 Å². The van der Waals surface area contributed by atoms with Crippen molar-refractivity contribution < 1.29 is 0 Å². The maximum absolute atomic E-state index is 6.60. The summed E-state index contributed by atoms with van der Waals surface area (Å²) in [5, 5.41) is 0. The van der Waals surface area contributed by atoms with Gasteiger partial charge in [0.2, 0.25) is 0 Å². The number of rotatable bonds is 6. The first kappa shape index (κ1) is 15.2. The van der Waals surface area contributed by atoms with Gasteiger partial charge in [-0.25, -0.2) is 0 Å². The lowest BCUT2D eigenvalue weighted by molar-refractivity contribution is 0.0842. The second-order valence-electron chi connectivity index (χ2n) is 5.22. The van der Waals surface area contributed by atoms with Crippen LogP contribution in [0.3, 0.4) is 0 Å². The van der Waals surface area contributed by atoms with Crippen LogP contribution in [0.5, 0.6) is 0 Å². The summed E-state index contributed by atoms with van der Waals surface area (Å²) in [4.78, 5) is 2.48. The fourth-order valence-corrected chi connectivity index (χ4v) is 2.86. The molecule has 2 unspecified atom stereocenters. The van der Waals surface area contributed by atoms with Crippen molar-refractivity contribution in [3.8, 4) is 0 Å². The van der Waals surface area contributed by atoms with Gasteiger partial charge in [0.25, 0.3) is 0 Å². The fraction of sp³-hybridized carbons (Fsp3) is 0.625. The van der Waals surface area contributed by atoms with Crippen molar-refractivity contribution in [1.82, 2.24) is 4.90 Å². The van der Waals surface area contributed by atoms with Gasteiger partial charge in [-0.15, -0.1) is 0 Å². The topological polar surface area (TPSA) is 29.3 Å². The Morgan fingerprint density at radius 1 is 1.17 bits per heavy atom. The van der Waals surface area contributed by atoms with E-state index in [0.29, 0.717) is 0 Å². The lowest BCUT2D eigenvalue weighted by atomic mass is 9.82. The number of likely N-dealkylation sites (N-methyl/N-ethyl adjacent to an activating group) is 1. The van der Waals surface area contributed by atoms with Gasteiger partial charge in [0, 0.05) is 11.6 Å². The monoisotopic (exact) mass is 248 g/mol. The molecule has 0 aromatic heterocycles. The van der Waals surface area contributed by atoms with Crippen LogP contribution in [0.4, 0.5) is 0 Å². The minimum Gasteiger partial charge on any atom is -0.322 e. The molecule has 1 rings (SSSR count). The minimum absolute atomic E-state index is 0.0234. The minimum atomic E-state index is 0.0234. The van der Waals surface area contributed by atoms with Crippen LogP contribution in [0.25, 0.3) is 0 Å². The Kier molecular flexibility index (Phi) is 5.36. The molecule has 2 atom stereocenters. The van der Waals surface area contributed by atoms with Crippen molar-refractivity contribution in [1.29, 1.82) is 0 Å². The van der Waals surface area contributed by atoms with Crippen LogP contribution in [0, 0.1) is 6.92 Å². The predicted octanol–water partition coefficient (Wildman–Crippen LogP) is 3.51. The lowest BCUT2D eigenvalue weighted by Crippen LogP contribution is -2.53. The summed E-state index contributed by atoms with van der Waals surface area (Å²) in [7, 11) is 0. The third-order valence-corrected chi connectivity index (χ3v) is 4.40. The molecule has 102 valence electrons. The molecular formula is C16H28N2. The van der Waals surface area contributed by atoms with E-state index in [9.17, 15) is 0 Å². The molecular weight excluding hydrogens is 220 g/mol. The van der Waals surface area contributed by atoms with Crippen molar-refractivity contribution in [2.24, 2.45) is 5.73 Å². The zero-order valence-electron chi connectivity index (χ0n) is 12.5. The quantitative estimate of drug-likeness (QED) is 0.835. The third kappa shape index (κ3) is 2.76. The summed E-state index contributed by atoms with van der Waals surface area (Å²) in [6.45, 7) is 13.2. The van der Waals surface area contributed by atoms with E-state index in [1.54, 1.807) is 0 Å². The Labute approximate surface area is 112 Å². The third-order valence-electron chi connectivity index (χ3n) is 4.40. The molecule has 2 N–H and O–H groups in total. The van der Waals surface area contributed by atoms with Crippen LogP contribution < -0.4 is 5.73 Å². The summed E-state index contributed by atoms with van der Waals surface area (Å²) in [5.74, 6) is 0. The highest BCUT2D eigenvalue weighted by atomic mass is 15.2. The Morgan fingerprint density at radius 3 is 2.17 bits per heavy atom. The smallest absolute Gasteiger partial charge is 0.0481 e. The number of hydrogen-bond acceptors (Lipinski definition) is 2. The van der Waals surface area contributed by atoms with Crippen LogP contribution in [-0.4, -0.2) is 23.5 Å². The molecule has 0 fully saturated rings. The molecule has 0 heterocycles. The van der Waals surface area contributed by atoms with Crippen LogP contribution >= 0.6 is 0 Å². The molecule has 0 spiro atoms. The first-order chi connectivity index (χ1) is 8.51. The highest BCUT2D eigenvalue weighted by molar-refractivity contribution is 5.31. The van der Waals surface area contributed by atoms with E-state index in [0.717, 1.165) is 19.5 Å². The molecule has 0 bridgehead atoms. The number of benzene rings is 1. The lowest BCUT2D eigenvalue weighted by Gasteiger charge is -2.44. The van der Waals surface area contributed by atoms with E-state index in [1.807, 2.05) is 0 Å². The summed E-state index contributed by atoms with van der Waals surface area (Å²) >= 11 is 0. The van der Waals surface area contributed by atoms with Crippen molar-refractivity contribution in [3.63, 3.8) is 0 Å². The number of hydrogen-bond donors (Lipinski definition) is 1. The summed E-state index contributed by atoms with van der Waals surface area (Å²) in [5.41, 5.74) is 9.18. The maximum Gasteiger partial charge on any atom is 0.0481 e. The van der Waals surface area contributed by atoms with E-state index < -0.39 is 0 Å². The Bertz CT molecular complexity index is 371. The molecule has 0 amide bonds. The molecule has 2 nitrogen and oxygen atoms in total. The highest BCUT2D eigenvalue weighted by Gasteiger charge is 2.35. The SMILES string of the molecule is CCN(CC)C(C)(CC)C(N)c1ccccc1C. The van der Waals surface area contributed by atoms with E-state index >= 15 is 0 Å². The van der Waals surface area contributed by atoms with Gasteiger partial charge < -0.3 is 5.73 Å². The summed E-state index contributed by atoms with van der Waals surface area (Å²) in [6, 6.07) is 8.53. The highest BCUT2D eigenvalue weighted by Crippen LogP contribution is 2.33. The molecule has 2 heteroatoms. The number of nitrogens with two attached hydrogens (primary N) is 1. The number of aryl methyl sites for hydroxylation is 1. The van der Waals surface area contributed by atoms with Crippen LogP contribution in [-0.2, 0) is 0 Å². The summed E-state index contributed by atoms with van der Waals surface area (Å²) < 4.78 is 0. The van der Waals surface area contributed by atoms with Gasteiger partial charge in [-0.1, -0.05) is 45.0 Å². The maximum atomic E-state index is 6.60. The molecule has 1 aromatic carbocycles. The Balaban J connectivity index is 3.12. The van der Waals surface area contributed by atoms with Gasteiger partial charge in [-0.2, -0.15) is 0 Å². The standard InChI is InChI=1S/C16H28N2/c1-6-16(5,18(7-2)8-3)15(17)14-12-10-9-11-13(14)4/h9-12,15H,6-8,17H2,1-5H3. The van der Waals surface area contributed by atoms with Crippen molar-refractivity contribution in [3.05, 3.63) is 35.4 Å². The first-order valence-electron chi connectivity index (χ1n) is 7.07. The second kappa shape index (κ2) is 6.35. The van der Waals surface area contributed by atoms with Crippen LogP contribution in [0.1, 0.15) is 51.3 Å². The molecule has 0 radical (unpaired) electrons. The van der Waals surface area contributed by atoms with Crippen LogP contribution in [0.2, 0.25) is 0 Å². The molecule has 18 heavy (non-hydrogen) atoms. The predicted molar refractivity (Wildman–Crippen MR) is 79.7 cm³/mol. The van der Waals surface area contributed by atoms with Gasteiger partial charge >= 0.3 is 0 Å². The van der Waals surface area contributed by atoms with E-state index in [-0.39, 0.29) is 11.6 Å². The zero-order chi connectivity index (χ0) is 13.8. The molecule has 0 saturated heterocycles. The normalized spacial score (nSPS) is 16.6. The fourth-order valence-electron chi connectivity index (χ4n) is 2.86. The molecule has 0 aliphatic rings. The van der Waals surface area contributed by atoms with Gasteiger partial charge in [0.05, 0.1) is 0 Å². The zero-order valence-corrected chi connectivity index (χ0v) is 12.5. The van der Waals surface area contributed by atoms with E-state index in [2.05, 4.69) is 63.8 Å². The van der Waals surface area contributed by atoms with Gasteiger partial charge in [0.1, 0.15) is 0 Å². The summed E-state index contributed by atoms with van der Waals surface area (Å²) in [6.07, 6.45) is 1.06. The largest absolute Gasteiger partial charge is 0.322 e.